The largest absolute Gasteiger partial charge is 0.507 e. The van der Waals surface area contributed by atoms with Gasteiger partial charge in [0.25, 0.3) is 0 Å². The third-order valence-electron chi connectivity index (χ3n) is 6.48. The Morgan fingerprint density at radius 3 is 2.29 bits per heavy atom. The minimum Gasteiger partial charge on any atom is -0.507 e. The highest BCUT2D eigenvalue weighted by molar-refractivity contribution is 6.31. The van der Waals surface area contributed by atoms with Crippen LogP contribution >= 0.6 is 0 Å². The summed E-state index contributed by atoms with van der Waals surface area (Å²) in [6, 6.07) is 4.65. The second-order valence-corrected chi connectivity index (χ2v) is 8.60. The molecule has 0 radical (unpaired) electrons. The van der Waals surface area contributed by atoms with Crippen molar-refractivity contribution < 1.29 is 44.3 Å². The SMILES string of the molecule is COc1cccc2c1C(=O)c1c(O)c3c(c(O)c1C2=O)CC(C=O)CC3.OC1CCC(O)OC1. The summed E-state index contributed by atoms with van der Waals surface area (Å²) in [4.78, 5) is 37.2. The van der Waals surface area contributed by atoms with Crippen molar-refractivity contribution >= 4 is 17.9 Å². The summed E-state index contributed by atoms with van der Waals surface area (Å²) >= 11 is 0. The molecule has 4 N–H and O–H groups in total. The highest BCUT2D eigenvalue weighted by Crippen LogP contribution is 2.47. The molecule has 3 unspecified atom stereocenters. The number of benzene rings is 2. The number of carbonyl (C=O) groups is 3. The zero-order valence-electron chi connectivity index (χ0n) is 18.6. The van der Waals surface area contributed by atoms with Crippen LogP contribution in [0.2, 0.25) is 0 Å². The number of phenolic OH excluding ortho intramolecular Hbond substituents is 2. The second kappa shape index (κ2) is 9.54. The first-order chi connectivity index (χ1) is 16.3. The smallest absolute Gasteiger partial charge is 0.202 e. The first-order valence-corrected chi connectivity index (χ1v) is 11.1. The quantitative estimate of drug-likeness (QED) is 0.324. The van der Waals surface area contributed by atoms with Gasteiger partial charge in [-0.25, -0.2) is 0 Å². The van der Waals surface area contributed by atoms with Crippen LogP contribution in [0.25, 0.3) is 0 Å². The minimum absolute atomic E-state index is 0.0868. The molecule has 0 spiro atoms. The van der Waals surface area contributed by atoms with Crippen LogP contribution in [-0.2, 0) is 22.4 Å². The van der Waals surface area contributed by atoms with Crippen molar-refractivity contribution in [2.75, 3.05) is 13.7 Å². The Bertz CT molecular complexity index is 1140. The fraction of sp³-hybridized carbons (Fsp3) is 0.400. The highest BCUT2D eigenvalue weighted by Gasteiger charge is 2.40. The number of hydrogen-bond donors (Lipinski definition) is 4. The van der Waals surface area contributed by atoms with Gasteiger partial charge < -0.3 is 34.7 Å². The van der Waals surface area contributed by atoms with Crippen LogP contribution in [-0.4, -0.2) is 64.4 Å². The average Bonchev–Trinajstić information content (AvgIpc) is 2.86. The molecule has 0 saturated carbocycles. The molecule has 2 aromatic rings. The molecule has 2 aromatic carbocycles. The summed E-state index contributed by atoms with van der Waals surface area (Å²) < 4.78 is 9.90. The van der Waals surface area contributed by atoms with Gasteiger partial charge in [-0.2, -0.15) is 0 Å². The van der Waals surface area contributed by atoms with Crippen molar-refractivity contribution in [2.24, 2.45) is 5.92 Å². The van der Waals surface area contributed by atoms with Gasteiger partial charge in [-0.15, -0.1) is 0 Å². The number of aliphatic hydroxyl groups excluding tert-OH is 2. The average molecular weight is 470 g/mol. The minimum atomic E-state index is -0.640. The van der Waals surface area contributed by atoms with E-state index in [4.69, 9.17) is 19.7 Å². The van der Waals surface area contributed by atoms with E-state index in [9.17, 15) is 24.6 Å². The van der Waals surface area contributed by atoms with Gasteiger partial charge in [-0.1, -0.05) is 12.1 Å². The number of carbonyl (C=O) groups excluding carboxylic acids is 3. The molecule has 5 rings (SSSR count). The predicted molar refractivity (Wildman–Crippen MR) is 118 cm³/mol. The van der Waals surface area contributed by atoms with Crippen LogP contribution in [0.15, 0.2) is 18.2 Å². The molecule has 1 aliphatic heterocycles. The summed E-state index contributed by atoms with van der Waals surface area (Å²) in [6.45, 7) is 0.279. The topological polar surface area (TPSA) is 151 Å². The maximum Gasteiger partial charge on any atom is 0.202 e. The maximum atomic E-state index is 13.1. The van der Waals surface area contributed by atoms with Gasteiger partial charge in [0.15, 0.2) is 12.1 Å². The first kappa shape index (κ1) is 23.9. The Kier molecular flexibility index (Phi) is 6.70. The van der Waals surface area contributed by atoms with Gasteiger partial charge in [0, 0.05) is 29.0 Å². The Morgan fingerprint density at radius 2 is 1.68 bits per heavy atom. The van der Waals surface area contributed by atoms with E-state index in [1.165, 1.54) is 13.2 Å². The number of ether oxygens (including phenoxy) is 2. The summed E-state index contributed by atoms with van der Waals surface area (Å²) in [5, 5.41) is 38.9. The van der Waals surface area contributed by atoms with E-state index in [0.717, 1.165) is 6.29 Å². The van der Waals surface area contributed by atoms with E-state index < -0.39 is 17.9 Å². The number of hydrogen-bond acceptors (Lipinski definition) is 9. The molecule has 180 valence electrons. The van der Waals surface area contributed by atoms with Crippen LogP contribution in [0.3, 0.4) is 0 Å². The second-order valence-electron chi connectivity index (χ2n) is 8.60. The molecule has 1 fully saturated rings. The lowest BCUT2D eigenvalue weighted by molar-refractivity contribution is -0.155. The molecular weight excluding hydrogens is 444 g/mol. The van der Waals surface area contributed by atoms with Crippen molar-refractivity contribution in [2.45, 2.75) is 44.5 Å². The molecule has 3 aliphatic rings. The van der Waals surface area contributed by atoms with E-state index in [0.29, 0.717) is 36.8 Å². The zero-order chi connectivity index (χ0) is 24.6. The van der Waals surface area contributed by atoms with Crippen molar-refractivity contribution in [1.82, 2.24) is 0 Å². The highest BCUT2D eigenvalue weighted by atomic mass is 16.6. The standard InChI is InChI=1S/C20H16O6.C5H10O3/c1-26-13-4-2-3-11-14(13)20(25)16-15(18(11)23)19(24)12-7-9(8-21)5-6-10(12)17(16)22;6-4-1-2-5(7)8-3-4/h2-4,8-9,22,24H,5-7H2,1H3;4-7H,1-3H2. The summed E-state index contributed by atoms with van der Waals surface area (Å²) in [5.74, 6) is -1.74. The normalized spacial score (nSPS) is 23.1. The summed E-state index contributed by atoms with van der Waals surface area (Å²) in [7, 11) is 1.40. The Labute approximate surface area is 195 Å². The van der Waals surface area contributed by atoms with E-state index in [2.05, 4.69) is 0 Å². The Morgan fingerprint density at radius 1 is 0.971 bits per heavy atom. The molecular formula is C25H26O9. The third kappa shape index (κ3) is 4.06. The van der Waals surface area contributed by atoms with E-state index >= 15 is 0 Å². The number of aromatic hydroxyl groups is 2. The molecule has 2 aliphatic carbocycles. The van der Waals surface area contributed by atoms with Crippen molar-refractivity contribution in [3.8, 4) is 17.2 Å². The molecule has 0 aromatic heterocycles. The zero-order valence-corrected chi connectivity index (χ0v) is 18.6. The summed E-state index contributed by atoms with van der Waals surface area (Å²) in [5.41, 5.74) is 0.630. The number of aldehydes is 1. The molecule has 0 bridgehead atoms. The van der Waals surface area contributed by atoms with Crippen LogP contribution < -0.4 is 4.74 Å². The van der Waals surface area contributed by atoms with E-state index in [-0.39, 0.29) is 64.6 Å². The van der Waals surface area contributed by atoms with Gasteiger partial charge >= 0.3 is 0 Å². The number of ketones is 2. The summed E-state index contributed by atoms with van der Waals surface area (Å²) in [6.07, 6.45) is 2.12. The monoisotopic (exact) mass is 470 g/mol. The molecule has 9 nitrogen and oxygen atoms in total. The van der Waals surface area contributed by atoms with Gasteiger partial charge in [0.05, 0.1) is 36.5 Å². The van der Waals surface area contributed by atoms with E-state index in [1.54, 1.807) is 12.1 Å². The van der Waals surface area contributed by atoms with Crippen LogP contribution in [0, 0.1) is 5.92 Å². The number of fused-ring (bicyclic) bond motifs is 3. The molecule has 0 amide bonds. The molecule has 3 atom stereocenters. The van der Waals surface area contributed by atoms with Crippen molar-refractivity contribution in [3.63, 3.8) is 0 Å². The first-order valence-electron chi connectivity index (χ1n) is 11.1. The van der Waals surface area contributed by atoms with Gasteiger partial charge in [0.2, 0.25) is 5.78 Å². The lowest BCUT2D eigenvalue weighted by Gasteiger charge is -2.28. The predicted octanol–water partition coefficient (Wildman–Crippen LogP) is 1.66. The Balaban J connectivity index is 0.000000291. The number of methoxy groups -OCH3 is 1. The fourth-order valence-electron chi connectivity index (χ4n) is 4.67. The third-order valence-corrected chi connectivity index (χ3v) is 6.48. The number of rotatable bonds is 2. The number of phenols is 2. The lowest BCUT2D eigenvalue weighted by atomic mass is 9.76. The number of aliphatic hydroxyl groups is 2. The molecule has 9 heteroatoms. The Hall–Kier alpha value is -3.27. The van der Waals surface area contributed by atoms with Crippen molar-refractivity contribution in [3.05, 3.63) is 51.6 Å². The van der Waals surface area contributed by atoms with Gasteiger partial charge in [0.1, 0.15) is 23.5 Å². The van der Waals surface area contributed by atoms with Crippen LogP contribution in [0.4, 0.5) is 0 Å². The molecule has 34 heavy (non-hydrogen) atoms. The molecule has 1 heterocycles. The maximum absolute atomic E-state index is 13.1. The van der Waals surface area contributed by atoms with Gasteiger partial charge in [-0.05, 0) is 31.7 Å². The molecule has 1 saturated heterocycles. The van der Waals surface area contributed by atoms with Crippen LogP contribution in [0.1, 0.15) is 62.2 Å². The van der Waals surface area contributed by atoms with Crippen LogP contribution in [0.5, 0.6) is 17.2 Å². The van der Waals surface area contributed by atoms with Gasteiger partial charge in [-0.3, -0.25) is 9.59 Å². The van der Waals surface area contributed by atoms with Crippen molar-refractivity contribution in [1.29, 1.82) is 0 Å². The fourth-order valence-corrected chi connectivity index (χ4v) is 4.67. The van der Waals surface area contributed by atoms with E-state index in [1.807, 2.05) is 0 Å². The lowest BCUT2D eigenvalue weighted by Crippen LogP contribution is -2.28.